The minimum absolute atomic E-state index is 0.110. The topological polar surface area (TPSA) is 57.5 Å². The second-order valence-electron chi connectivity index (χ2n) is 9.32. The summed E-state index contributed by atoms with van der Waals surface area (Å²) in [7, 11) is 0. The number of aryl methyl sites for hydroxylation is 1. The van der Waals surface area contributed by atoms with Gasteiger partial charge in [-0.3, -0.25) is 0 Å². The number of aliphatic hydroxyl groups excluding tert-OH is 1. The maximum Gasteiger partial charge on any atom is 0.336 e. The van der Waals surface area contributed by atoms with Crippen LogP contribution in [0.3, 0.4) is 0 Å². The Kier molecular flexibility index (Phi) is 4.13. The number of carboxylic acid groups (broad SMARTS) is 1. The van der Waals surface area contributed by atoms with Gasteiger partial charge in [-0.2, -0.15) is 0 Å². The van der Waals surface area contributed by atoms with Crippen LogP contribution >= 0.6 is 0 Å². The van der Waals surface area contributed by atoms with E-state index in [4.69, 9.17) is 0 Å². The van der Waals surface area contributed by atoms with Crippen molar-refractivity contribution in [2.24, 2.45) is 17.3 Å². The molecule has 146 valence electrons. The maximum absolute atomic E-state index is 11.6. The van der Waals surface area contributed by atoms with Crippen molar-refractivity contribution in [3.8, 4) is 11.1 Å². The Bertz CT molecular complexity index is 933. The van der Waals surface area contributed by atoms with Gasteiger partial charge in [-0.25, -0.2) is 4.79 Å². The van der Waals surface area contributed by atoms with Gasteiger partial charge in [0.1, 0.15) is 0 Å². The molecule has 0 saturated heterocycles. The molecular formula is C25H28O3. The van der Waals surface area contributed by atoms with Crippen LogP contribution < -0.4 is 0 Å². The molecule has 0 radical (unpaired) electrons. The second-order valence-corrected chi connectivity index (χ2v) is 9.32. The maximum atomic E-state index is 11.6. The zero-order valence-corrected chi connectivity index (χ0v) is 16.4. The summed E-state index contributed by atoms with van der Waals surface area (Å²) in [6, 6.07) is 13.9. The number of benzene rings is 2. The molecule has 0 spiro atoms. The average Bonchev–Trinajstić information content (AvgIpc) is 3.02. The van der Waals surface area contributed by atoms with E-state index in [2.05, 4.69) is 25.1 Å². The highest BCUT2D eigenvalue weighted by Gasteiger charge is 2.54. The summed E-state index contributed by atoms with van der Waals surface area (Å²) in [5.74, 6) is 1.04. The van der Waals surface area contributed by atoms with Crippen molar-refractivity contribution in [2.45, 2.75) is 57.5 Å². The smallest absolute Gasteiger partial charge is 0.336 e. The third-order valence-corrected chi connectivity index (χ3v) is 8.14. The zero-order chi connectivity index (χ0) is 19.5. The van der Waals surface area contributed by atoms with Gasteiger partial charge in [-0.05, 0) is 90.0 Å². The highest BCUT2D eigenvalue weighted by atomic mass is 16.4. The number of hydrogen-bond acceptors (Lipinski definition) is 2. The summed E-state index contributed by atoms with van der Waals surface area (Å²) < 4.78 is 0. The van der Waals surface area contributed by atoms with E-state index in [1.54, 1.807) is 12.1 Å². The first kappa shape index (κ1) is 17.9. The van der Waals surface area contributed by atoms with Crippen molar-refractivity contribution in [3.63, 3.8) is 0 Å². The molecule has 2 aromatic rings. The molecule has 28 heavy (non-hydrogen) atoms. The van der Waals surface area contributed by atoms with Gasteiger partial charge in [-0.1, -0.05) is 43.3 Å². The molecule has 3 aliphatic rings. The largest absolute Gasteiger partial charge is 0.478 e. The number of carboxylic acids is 1. The molecule has 3 aliphatic carbocycles. The third-order valence-electron chi connectivity index (χ3n) is 8.14. The highest BCUT2D eigenvalue weighted by molar-refractivity contribution is 5.96. The Morgan fingerprint density at radius 2 is 1.89 bits per heavy atom. The van der Waals surface area contributed by atoms with Crippen LogP contribution in [0.25, 0.3) is 11.1 Å². The first-order chi connectivity index (χ1) is 13.5. The van der Waals surface area contributed by atoms with Gasteiger partial charge < -0.3 is 10.2 Å². The van der Waals surface area contributed by atoms with Gasteiger partial charge in [0.15, 0.2) is 0 Å². The number of carbonyl (C=O) groups is 1. The number of hydrogen-bond donors (Lipinski definition) is 2. The number of aliphatic hydroxyl groups is 1. The van der Waals surface area contributed by atoms with Gasteiger partial charge in [0, 0.05) is 0 Å². The van der Waals surface area contributed by atoms with E-state index in [1.807, 2.05) is 12.1 Å². The fourth-order valence-corrected chi connectivity index (χ4v) is 6.64. The van der Waals surface area contributed by atoms with Gasteiger partial charge >= 0.3 is 5.97 Å². The van der Waals surface area contributed by atoms with E-state index >= 15 is 0 Å². The highest BCUT2D eigenvalue weighted by Crippen LogP contribution is 2.60. The molecule has 5 atom stereocenters. The lowest BCUT2D eigenvalue weighted by Gasteiger charge is -2.50. The normalized spacial score (nSPS) is 33.6. The van der Waals surface area contributed by atoms with E-state index in [9.17, 15) is 15.0 Å². The van der Waals surface area contributed by atoms with Crippen molar-refractivity contribution in [1.82, 2.24) is 0 Å². The summed E-state index contributed by atoms with van der Waals surface area (Å²) in [5.41, 5.74) is 5.14. The fourth-order valence-electron chi connectivity index (χ4n) is 6.64. The molecule has 2 N–H and O–H groups in total. The monoisotopic (exact) mass is 376 g/mol. The van der Waals surface area contributed by atoms with Gasteiger partial charge in [0.05, 0.1) is 11.7 Å². The van der Waals surface area contributed by atoms with Gasteiger partial charge in [0.2, 0.25) is 0 Å². The molecule has 0 unspecified atom stereocenters. The Balaban J connectivity index is 1.50. The molecule has 3 heteroatoms. The van der Waals surface area contributed by atoms with E-state index in [-0.39, 0.29) is 11.5 Å². The standard InChI is InChI=1S/C25H28O3/c1-25-13-12-19-18-8-6-15(17-4-2-3-5-21(17)24(27)28)14-16(18)7-9-20(19)22(25)10-11-23(25)26/h2-6,8,14,19-20,22-23,26H,7,9-13H2,1H3,(H,27,28)/t19-,20-,22+,23-,25+/m1/s1. The van der Waals surface area contributed by atoms with Crippen molar-refractivity contribution in [1.29, 1.82) is 0 Å². The van der Waals surface area contributed by atoms with Crippen molar-refractivity contribution < 1.29 is 15.0 Å². The third kappa shape index (κ3) is 2.56. The van der Waals surface area contributed by atoms with Crippen molar-refractivity contribution in [2.75, 3.05) is 0 Å². The van der Waals surface area contributed by atoms with E-state index in [1.165, 1.54) is 17.5 Å². The first-order valence-electron chi connectivity index (χ1n) is 10.6. The lowest BCUT2D eigenvalue weighted by Crippen LogP contribution is -2.43. The summed E-state index contributed by atoms with van der Waals surface area (Å²) in [4.78, 5) is 11.6. The lowest BCUT2D eigenvalue weighted by atomic mass is 9.55. The Morgan fingerprint density at radius 3 is 2.71 bits per heavy atom. The summed E-state index contributed by atoms with van der Waals surface area (Å²) in [6.45, 7) is 2.31. The number of rotatable bonds is 2. The van der Waals surface area contributed by atoms with Crippen LogP contribution in [-0.2, 0) is 6.42 Å². The van der Waals surface area contributed by atoms with Crippen LogP contribution in [0.4, 0.5) is 0 Å². The summed E-state index contributed by atoms with van der Waals surface area (Å²) in [5, 5.41) is 20.1. The molecule has 0 heterocycles. The number of aromatic carboxylic acids is 1. The molecule has 0 amide bonds. The number of fused-ring (bicyclic) bond motifs is 5. The summed E-state index contributed by atoms with van der Waals surface area (Å²) >= 11 is 0. The SMILES string of the molecule is C[C@]12CC[C@@H]3c4ccc(-c5ccccc5C(=O)O)cc4CC[C@H]3[C@@H]1CC[C@H]2O. The van der Waals surface area contributed by atoms with Crippen LogP contribution in [-0.4, -0.2) is 22.3 Å². The molecule has 2 fully saturated rings. The Hall–Kier alpha value is -2.13. The quantitative estimate of drug-likeness (QED) is 0.751. The van der Waals surface area contributed by atoms with Gasteiger partial charge in [0.25, 0.3) is 0 Å². The van der Waals surface area contributed by atoms with E-state index < -0.39 is 5.97 Å². The molecule has 0 aromatic heterocycles. The van der Waals surface area contributed by atoms with Crippen LogP contribution in [0.15, 0.2) is 42.5 Å². The second kappa shape index (κ2) is 6.45. The lowest BCUT2D eigenvalue weighted by molar-refractivity contribution is -0.0226. The van der Waals surface area contributed by atoms with Crippen LogP contribution in [0.1, 0.15) is 66.4 Å². The Morgan fingerprint density at radius 1 is 1.07 bits per heavy atom. The predicted octanol–water partition coefficient (Wildman–Crippen LogP) is 5.27. The van der Waals surface area contributed by atoms with E-state index in [0.29, 0.717) is 23.3 Å². The van der Waals surface area contributed by atoms with E-state index in [0.717, 1.165) is 43.2 Å². The zero-order valence-electron chi connectivity index (χ0n) is 16.4. The Labute approximate surface area is 166 Å². The van der Waals surface area contributed by atoms with Crippen LogP contribution in [0, 0.1) is 17.3 Å². The molecular weight excluding hydrogens is 348 g/mol. The molecule has 2 aromatic carbocycles. The van der Waals surface area contributed by atoms with Crippen LogP contribution in [0.2, 0.25) is 0 Å². The van der Waals surface area contributed by atoms with Gasteiger partial charge in [-0.15, -0.1) is 0 Å². The predicted molar refractivity (Wildman–Crippen MR) is 109 cm³/mol. The van der Waals surface area contributed by atoms with Crippen molar-refractivity contribution in [3.05, 3.63) is 59.2 Å². The molecule has 0 bridgehead atoms. The van der Waals surface area contributed by atoms with Crippen LogP contribution in [0.5, 0.6) is 0 Å². The fraction of sp³-hybridized carbons (Fsp3) is 0.480. The molecule has 3 nitrogen and oxygen atoms in total. The molecule has 0 aliphatic heterocycles. The molecule has 5 rings (SSSR count). The summed E-state index contributed by atoms with van der Waals surface area (Å²) in [6.07, 6.45) is 6.52. The minimum atomic E-state index is -0.875. The minimum Gasteiger partial charge on any atom is -0.478 e. The first-order valence-corrected chi connectivity index (χ1v) is 10.6. The average molecular weight is 376 g/mol. The van der Waals surface area contributed by atoms with Crippen molar-refractivity contribution >= 4 is 5.97 Å². The molecule has 2 saturated carbocycles.